The highest BCUT2D eigenvalue weighted by Gasteiger charge is 2.40. The van der Waals surface area contributed by atoms with Crippen LogP contribution in [0.5, 0.6) is 0 Å². The first-order valence-corrected chi connectivity index (χ1v) is 12.2. The summed E-state index contributed by atoms with van der Waals surface area (Å²) in [5.41, 5.74) is 1.91. The van der Waals surface area contributed by atoms with Crippen LogP contribution in [0.2, 0.25) is 5.02 Å². The lowest BCUT2D eigenvalue weighted by molar-refractivity contribution is 0.0923. The van der Waals surface area contributed by atoms with Crippen LogP contribution in [0, 0.1) is 11.8 Å². The Hall–Kier alpha value is -2.05. The quantitative estimate of drug-likeness (QED) is 0.742. The Bertz CT molecular complexity index is 1010. The minimum absolute atomic E-state index is 0.0519. The number of anilines is 1. The first-order valence-electron chi connectivity index (χ1n) is 9.92. The first kappa shape index (κ1) is 20.2. The van der Waals surface area contributed by atoms with E-state index in [-0.39, 0.29) is 12.5 Å². The Kier molecular flexibility index (Phi) is 5.58. The lowest BCUT2D eigenvalue weighted by Gasteiger charge is -2.23. The van der Waals surface area contributed by atoms with Crippen molar-refractivity contribution in [3.63, 3.8) is 0 Å². The van der Waals surface area contributed by atoms with Gasteiger partial charge in [0.1, 0.15) is 0 Å². The molecule has 2 aliphatic carbocycles. The third-order valence-electron chi connectivity index (χ3n) is 6.09. The van der Waals surface area contributed by atoms with Gasteiger partial charge in [-0.05, 0) is 67.0 Å². The number of amides is 1. The SMILES string of the molecule is CS(=O)(=O)N(Cc1ccc(C(=O)N[C@H]2C[C@H]3CC[C@H]2C3)cc1)c1cccc(Cl)c1. The van der Waals surface area contributed by atoms with Crippen LogP contribution in [0.15, 0.2) is 48.5 Å². The summed E-state index contributed by atoms with van der Waals surface area (Å²) in [5.74, 6) is 1.36. The second-order valence-electron chi connectivity index (χ2n) is 8.20. The van der Waals surface area contributed by atoms with E-state index in [4.69, 9.17) is 11.6 Å². The maximum Gasteiger partial charge on any atom is 0.251 e. The highest BCUT2D eigenvalue weighted by atomic mass is 35.5. The summed E-state index contributed by atoms with van der Waals surface area (Å²) >= 11 is 6.02. The number of carbonyl (C=O) groups excluding carboxylic acids is 1. The van der Waals surface area contributed by atoms with Crippen molar-refractivity contribution in [2.45, 2.75) is 38.3 Å². The predicted molar refractivity (Wildman–Crippen MR) is 116 cm³/mol. The van der Waals surface area contributed by atoms with Crippen LogP contribution in [-0.2, 0) is 16.6 Å². The van der Waals surface area contributed by atoms with Crippen molar-refractivity contribution < 1.29 is 13.2 Å². The molecule has 2 aromatic carbocycles. The molecule has 0 aromatic heterocycles. The zero-order valence-corrected chi connectivity index (χ0v) is 17.9. The molecule has 3 atom stereocenters. The molecule has 0 radical (unpaired) electrons. The zero-order chi connectivity index (χ0) is 20.6. The molecule has 4 rings (SSSR count). The van der Waals surface area contributed by atoms with Crippen LogP contribution >= 0.6 is 11.6 Å². The normalized spacial score (nSPS) is 23.2. The van der Waals surface area contributed by atoms with Gasteiger partial charge in [-0.2, -0.15) is 0 Å². The Morgan fingerprint density at radius 3 is 2.48 bits per heavy atom. The lowest BCUT2D eigenvalue weighted by Crippen LogP contribution is -2.38. The summed E-state index contributed by atoms with van der Waals surface area (Å²) in [5, 5.41) is 3.66. The molecule has 0 spiro atoms. The molecule has 7 heteroatoms. The Morgan fingerprint density at radius 2 is 1.90 bits per heavy atom. The standard InChI is InChI=1S/C22H25ClN2O3S/c1-29(27,28)25(20-4-2-3-19(23)13-20)14-15-5-8-17(9-6-15)22(26)24-21-12-16-7-10-18(21)11-16/h2-6,8-9,13,16,18,21H,7,10-12,14H2,1H3,(H,24,26)/t16-,18-,21-/m0/s1. The number of nitrogens with one attached hydrogen (secondary N) is 1. The van der Waals surface area contributed by atoms with Gasteiger partial charge in [0.2, 0.25) is 10.0 Å². The molecule has 2 aromatic rings. The Morgan fingerprint density at radius 1 is 1.14 bits per heavy atom. The topological polar surface area (TPSA) is 66.5 Å². The second kappa shape index (κ2) is 8.00. The van der Waals surface area contributed by atoms with Gasteiger partial charge in [-0.3, -0.25) is 9.10 Å². The average molecular weight is 433 g/mol. The molecule has 1 N–H and O–H groups in total. The molecular formula is C22H25ClN2O3S. The van der Waals surface area contributed by atoms with E-state index < -0.39 is 10.0 Å². The van der Waals surface area contributed by atoms with E-state index in [1.807, 2.05) is 0 Å². The number of hydrogen-bond acceptors (Lipinski definition) is 3. The van der Waals surface area contributed by atoms with Crippen LogP contribution in [-0.4, -0.2) is 26.6 Å². The molecular weight excluding hydrogens is 408 g/mol. The first-order chi connectivity index (χ1) is 13.8. The summed E-state index contributed by atoms with van der Waals surface area (Å²) in [7, 11) is -3.48. The van der Waals surface area contributed by atoms with Crippen LogP contribution in [0.25, 0.3) is 0 Å². The van der Waals surface area contributed by atoms with Gasteiger partial charge in [0.25, 0.3) is 5.91 Å². The van der Waals surface area contributed by atoms with Crippen molar-refractivity contribution >= 4 is 33.2 Å². The zero-order valence-electron chi connectivity index (χ0n) is 16.3. The van der Waals surface area contributed by atoms with E-state index >= 15 is 0 Å². The molecule has 2 saturated carbocycles. The largest absolute Gasteiger partial charge is 0.349 e. The van der Waals surface area contributed by atoms with Gasteiger partial charge in [0.15, 0.2) is 0 Å². The van der Waals surface area contributed by atoms with Crippen molar-refractivity contribution in [2.24, 2.45) is 11.8 Å². The number of sulfonamides is 1. The minimum atomic E-state index is -3.48. The van der Waals surface area contributed by atoms with Gasteiger partial charge in [0, 0.05) is 16.6 Å². The average Bonchev–Trinajstić information content (AvgIpc) is 3.28. The van der Waals surface area contributed by atoms with Gasteiger partial charge in [-0.25, -0.2) is 8.42 Å². The molecule has 0 heterocycles. The number of nitrogens with zero attached hydrogens (tertiary/aromatic N) is 1. The van der Waals surface area contributed by atoms with Crippen LogP contribution < -0.4 is 9.62 Å². The monoisotopic (exact) mass is 432 g/mol. The van der Waals surface area contributed by atoms with E-state index in [9.17, 15) is 13.2 Å². The summed E-state index contributed by atoms with van der Waals surface area (Å²) < 4.78 is 25.9. The van der Waals surface area contributed by atoms with Gasteiger partial charge in [0.05, 0.1) is 18.5 Å². The molecule has 29 heavy (non-hydrogen) atoms. The summed E-state index contributed by atoms with van der Waals surface area (Å²) in [4.78, 5) is 12.6. The van der Waals surface area contributed by atoms with E-state index in [0.29, 0.717) is 28.2 Å². The van der Waals surface area contributed by atoms with Gasteiger partial charge < -0.3 is 5.32 Å². The fourth-order valence-electron chi connectivity index (χ4n) is 4.63. The van der Waals surface area contributed by atoms with E-state index in [1.165, 1.54) is 29.8 Å². The van der Waals surface area contributed by atoms with Crippen molar-refractivity contribution in [1.82, 2.24) is 5.32 Å². The summed E-state index contributed by atoms with van der Waals surface area (Å²) in [6.07, 6.45) is 6.03. The Balaban J connectivity index is 1.45. The number of benzene rings is 2. The van der Waals surface area contributed by atoms with Gasteiger partial charge in [-0.15, -0.1) is 0 Å². The molecule has 154 valence electrons. The van der Waals surface area contributed by atoms with Crippen molar-refractivity contribution in [3.05, 3.63) is 64.7 Å². The second-order valence-corrected chi connectivity index (χ2v) is 10.5. The summed E-state index contributed by atoms with van der Waals surface area (Å²) in [6.45, 7) is 0.174. The molecule has 5 nitrogen and oxygen atoms in total. The predicted octanol–water partition coefficient (Wildman–Crippen LogP) is 4.22. The maximum absolute atomic E-state index is 12.6. The van der Waals surface area contributed by atoms with Crippen LogP contribution in [0.4, 0.5) is 5.69 Å². The number of halogens is 1. The highest BCUT2D eigenvalue weighted by molar-refractivity contribution is 7.92. The summed E-state index contributed by atoms with van der Waals surface area (Å²) in [6, 6.07) is 14.2. The third-order valence-corrected chi connectivity index (χ3v) is 7.47. The van der Waals surface area contributed by atoms with Gasteiger partial charge in [-0.1, -0.05) is 36.2 Å². The van der Waals surface area contributed by atoms with Crippen molar-refractivity contribution in [3.8, 4) is 0 Å². The van der Waals surface area contributed by atoms with E-state index in [2.05, 4.69) is 5.32 Å². The van der Waals surface area contributed by atoms with Crippen LogP contribution in [0.1, 0.15) is 41.6 Å². The lowest BCUT2D eigenvalue weighted by atomic mass is 9.95. The smallest absolute Gasteiger partial charge is 0.251 e. The van der Waals surface area contributed by atoms with Gasteiger partial charge >= 0.3 is 0 Å². The fraction of sp³-hybridized carbons (Fsp3) is 0.409. The number of carbonyl (C=O) groups is 1. The van der Waals surface area contributed by atoms with E-state index in [1.54, 1.807) is 48.5 Å². The highest BCUT2D eigenvalue weighted by Crippen LogP contribution is 2.44. The van der Waals surface area contributed by atoms with Crippen LogP contribution in [0.3, 0.4) is 0 Å². The minimum Gasteiger partial charge on any atom is -0.349 e. The Labute approximate surface area is 177 Å². The number of rotatable bonds is 6. The number of hydrogen-bond donors (Lipinski definition) is 1. The van der Waals surface area contributed by atoms with E-state index in [0.717, 1.165) is 17.9 Å². The molecule has 0 aliphatic heterocycles. The molecule has 1 amide bonds. The maximum atomic E-state index is 12.6. The number of fused-ring (bicyclic) bond motifs is 2. The van der Waals surface area contributed by atoms with Crippen molar-refractivity contribution in [2.75, 3.05) is 10.6 Å². The fourth-order valence-corrected chi connectivity index (χ4v) is 5.70. The molecule has 2 bridgehead atoms. The molecule has 0 unspecified atom stereocenters. The molecule has 0 saturated heterocycles. The van der Waals surface area contributed by atoms with Crippen molar-refractivity contribution in [1.29, 1.82) is 0 Å². The molecule has 2 fully saturated rings. The third kappa shape index (κ3) is 4.59. The molecule has 2 aliphatic rings.